The van der Waals surface area contributed by atoms with Crippen LogP contribution in [0.3, 0.4) is 0 Å². The molecule has 2 unspecified atom stereocenters. The SMILES string of the molecule is CN(C(=O)c1ccn(-c2ccccc2F)n1)C1CC2CCC(C1)N2.Cl. The van der Waals surface area contributed by atoms with Crippen LogP contribution in [0.25, 0.3) is 5.69 Å². The van der Waals surface area contributed by atoms with Gasteiger partial charge in [0.15, 0.2) is 5.69 Å². The van der Waals surface area contributed by atoms with E-state index in [4.69, 9.17) is 0 Å². The molecule has 0 saturated carbocycles. The molecular formula is C18H22ClFN4O. The third-order valence-corrected chi connectivity index (χ3v) is 5.22. The van der Waals surface area contributed by atoms with Crippen LogP contribution in [0.1, 0.15) is 36.2 Å². The van der Waals surface area contributed by atoms with Crippen LogP contribution in [-0.2, 0) is 0 Å². The Morgan fingerprint density at radius 1 is 1.24 bits per heavy atom. The summed E-state index contributed by atoms with van der Waals surface area (Å²) >= 11 is 0. The van der Waals surface area contributed by atoms with E-state index in [1.54, 1.807) is 35.4 Å². The molecule has 2 aliphatic heterocycles. The van der Waals surface area contributed by atoms with Crippen LogP contribution in [0.2, 0.25) is 0 Å². The monoisotopic (exact) mass is 364 g/mol. The summed E-state index contributed by atoms with van der Waals surface area (Å²) in [6.45, 7) is 0. The summed E-state index contributed by atoms with van der Waals surface area (Å²) in [5.41, 5.74) is 0.700. The Bertz CT molecular complexity index is 753. The zero-order valence-electron chi connectivity index (χ0n) is 14.1. The smallest absolute Gasteiger partial charge is 0.274 e. The third kappa shape index (κ3) is 3.41. The van der Waals surface area contributed by atoms with Crippen molar-refractivity contribution >= 4 is 18.3 Å². The summed E-state index contributed by atoms with van der Waals surface area (Å²) in [4.78, 5) is 14.5. The number of hydrogen-bond acceptors (Lipinski definition) is 3. The number of halogens is 2. The Morgan fingerprint density at radius 2 is 1.92 bits per heavy atom. The lowest BCUT2D eigenvalue weighted by atomic mass is 9.98. The second kappa shape index (κ2) is 7.14. The number of fused-ring (bicyclic) bond motifs is 2. The largest absolute Gasteiger partial charge is 0.337 e. The number of nitrogens with zero attached hydrogens (tertiary/aromatic N) is 3. The summed E-state index contributed by atoms with van der Waals surface area (Å²) in [6, 6.07) is 9.36. The Labute approximate surface area is 152 Å². The van der Waals surface area contributed by atoms with Gasteiger partial charge in [-0.1, -0.05) is 12.1 Å². The van der Waals surface area contributed by atoms with E-state index in [1.165, 1.54) is 23.6 Å². The molecule has 0 spiro atoms. The first-order valence-electron chi connectivity index (χ1n) is 8.45. The maximum atomic E-state index is 13.9. The predicted molar refractivity (Wildman–Crippen MR) is 95.8 cm³/mol. The summed E-state index contributed by atoms with van der Waals surface area (Å²) in [7, 11) is 1.85. The van der Waals surface area contributed by atoms with E-state index in [0.717, 1.165) is 12.8 Å². The van der Waals surface area contributed by atoms with Crippen molar-refractivity contribution in [3.8, 4) is 5.69 Å². The molecule has 2 aliphatic rings. The van der Waals surface area contributed by atoms with Crippen LogP contribution in [0.15, 0.2) is 36.5 Å². The second-order valence-electron chi connectivity index (χ2n) is 6.78. The lowest BCUT2D eigenvalue weighted by Crippen LogP contribution is -2.48. The summed E-state index contributed by atoms with van der Waals surface area (Å²) < 4.78 is 15.3. The highest BCUT2D eigenvalue weighted by Gasteiger charge is 2.36. The first-order valence-corrected chi connectivity index (χ1v) is 8.45. The van der Waals surface area contributed by atoms with Crippen LogP contribution in [0, 0.1) is 5.82 Å². The van der Waals surface area contributed by atoms with Gasteiger partial charge in [-0.05, 0) is 43.9 Å². The topological polar surface area (TPSA) is 50.2 Å². The number of nitrogens with one attached hydrogen (secondary N) is 1. The number of aromatic nitrogens is 2. The van der Waals surface area contributed by atoms with E-state index < -0.39 is 0 Å². The van der Waals surface area contributed by atoms with Gasteiger partial charge in [-0.3, -0.25) is 4.79 Å². The standard InChI is InChI=1S/C18H21FN4O.ClH/c1-22(14-10-12-6-7-13(11-14)20-12)18(24)16-8-9-23(21-16)17-5-3-2-4-15(17)19;/h2-5,8-9,12-14,20H,6-7,10-11H2,1H3;1H. The quantitative estimate of drug-likeness (QED) is 0.911. The van der Waals surface area contributed by atoms with Gasteiger partial charge in [-0.15, -0.1) is 12.4 Å². The van der Waals surface area contributed by atoms with E-state index in [0.29, 0.717) is 23.5 Å². The molecule has 0 aliphatic carbocycles. The molecule has 2 saturated heterocycles. The number of hydrogen-bond donors (Lipinski definition) is 1. The molecule has 2 aromatic rings. The van der Waals surface area contributed by atoms with Crippen LogP contribution in [0.5, 0.6) is 0 Å². The van der Waals surface area contributed by atoms with E-state index in [-0.39, 0.29) is 30.2 Å². The average molecular weight is 365 g/mol. The predicted octanol–water partition coefficient (Wildman–Crippen LogP) is 2.79. The Morgan fingerprint density at radius 3 is 2.60 bits per heavy atom. The molecule has 1 amide bonds. The van der Waals surface area contributed by atoms with Crippen molar-refractivity contribution in [3.63, 3.8) is 0 Å². The van der Waals surface area contributed by atoms with Gasteiger partial charge in [0.1, 0.15) is 11.5 Å². The molecule has 4 rings (SSSR count). The van der Waals surface area contributed by atoms with E-state index >= 15 is 0 Å². The Balaban J connectivity index is 0.00000182. The fourth-order valence-electron chi connectivity index (χ4n) is 3.90. The minimum Gasteiger partial charge on any atom is -0.337 e. The fraction of sp³-hybridized carbons (Fsp3) is 0.444. The third-order valence-electron chi connectivity index (χ3n) is 5.22. The summed E-state index contributed by atoms with van der Waals surface area (Å²) in [5, 5.41) is 7.87. The van der Waals surface area contributed by atoms with Crippen molar-refractivity contribution in [2.45, 2.75) is 43.8 Å². The van der Waals surface area contributed by atoms with E-state index in [9.17, 15) is 9.18 Å². The molecule has 2 bridgehead atoms. The highest BCUT2D eigenvalue weighted by Crippen LogP contribution is 2.29. The number of para-hydroxylation sites is 1. The molecule has 2 atom stereocenters. The van der Waals surface area contributed by atoms with Crippen LogP contribution < -0.4 is 5.32 Å². The van der Waals surface area contributed by atoms with Gasteiger partial charge in [0, 0.05) is 31.4 Å². The molecule has 5 nitrogen and oxygen atoms in total. The van der Waals surface area contributed by atoms with Gasteiger partial charge in [0.25, 0.3) is 5.91 Å². The molecule has 1 N–H and O–H groups in total. The first kappa shape index (κ1) is 17.9. The number of rotatable bonds is 3. The zero-order valence-corrected chi connectivity index (χ0v) is 14.9. The summed E-state index contributed by atoms with van der Waals surface area (Å²) in [6.07, 6.45) is 6.02. The fourth-order valence-corrected chi connectivity index (χ4v) is 3.90. The van der Waals surface area contributed by atoms with Crippen molar-refractivity contribution in [3.05, 3.63) is 48.0 Å². The van der Waals surface area contributed by atoms with E-state index in [1.807, 2.05) is 7.05 Å². The van der Waals surface area contributed by atoms with Crippen molar-refractivity contribution < 1.29 is 9.18 Å². The molecular weight excluding hydrogens is 343 g/mol. The van der Waals surface area contributed by atoms with Crippen LogP contribution in [-0.4, -0.2) is 45.8 Å². The highest BCUT2D eigenvalue weighted by molar-refractivity contribution is 5.92. The first-order chi connectivity index (χ1) is 11.6. The molecule has 0 radical (unpaired) electrons. The van der Waals surface area contributed by atoms with Gasteiger partial charge >= 0.3 is 0 Å². The molecule has 25 heavy (non-hydrogen) atoms. The average Bonchev–Trinajstić information content (AvgIpc) is 3.20. The lowest BCUT2D eigenvalue weighted by molar-refractivity contribution is 0.0675. The molecule has 2 fully saturated rings. The lowest BCUT2D eigenvalue weighted by Gasteiger charge is -2.35. The number of carbonyl (C=O) groups excluding carboxylic acids is 1. The Kier molecular flexibility index (Phi) is 5.11. The summed E-state index contributed by atoms with van der Waals surface area (Å²) in [5.74, 6) is -0.459. The van der Waals surface area contributed by atoms with Gasteiger partial charge in [0.05, 0.1) is 0 Å². The highest BCUT2D eigenvalue weighted by atomic mass is 35.5. The van der Waals surface area contributed by atoms with Gasteiger partial charge in [0.2, 0.25) is 0 Å². The maximum Gasteiger partial charge on any atom is 0.274 e. The molecule has 134 valence electrons. The minimum absolute atomic E-state index is 0. The van der Waals surface area contributed by atoms with Crippen molar-refractivity contribution in [2.75, 3.05) is 7.05 Å². The maximum absolute atomic E-state index is 13.9. The molecule has 1 aromatic heterocycles. The number of benzene rings is 1. The second-order valence-corrected chi connectivity index (χ2v) is 6.78. The number of carbonyl (C=O) groups is 1. The molecule has 7 heteroatoms. The number of amides is 1. The molecule has 1 aromatic carbocycles. The van der Waals surface area contributed by atoms with Crippen molar-refractivity contribution in [1.82, 2.24) is 20.0 Å². The Hall–Kier alpha value is -1.92. The minimum atomic E-state index is -0.358. The van der Waals surface area contributed by atoms with Gasteiger partial charge in [-0.2, -0.15) is 5.10 Å². The van der Waals surface area contributed by atoms with Crippen molar-refractivity contribution in [1.29, 1.82) is 0 Å². The zero-order chi connectivity index (χ0) is 16.7. The number of piperidine rings is 1. The van der Waals surface area contributed by atoms with Crippen molar-refractivity contribution in [2.24, 2.45) is 0 Å². The van der Waals surface area contributed by atoms with Crippen LogP contribution in [0.4, 0.5) is 4.39 Å². The van der Waals surface area contributed by atoms with Gasteiger partial charge < -0.3 is 10.2 Å². The normalized spacial score (nSPS) is 24.6. The molecule has 3 heterocycles. The van der Waals surface area contributed by atoms with Crippen LogP contribution >= 0.6 is 12.4 Å². The van der Waals surface area contributed by atoms with Gasteiger partial charge in [-0.25, -0.2) is 9.07 Å². The van der Waals surface area contributed by atoms with E-state index in [2.05, 4.69) is 10.4 Å².